The molecule has 1 aromatic carbocycles. The number of likely N-dealkylation sites (tertiary alicyclic amines) is 1. The third-order valence-electron chi connectivity index (χ3n) is 4.25. The smallest absolute Gasteiger partial charge is 0.341 e. The van der Waals surface area contributed by atoms with Gasteiger partial charge in [0.05, 0.1) is 11.6 Å². The van der Waals surface area contributed by atoms with Crippen molar-refractivity contribution < 1.29 is 26.4 Å². The third kappa shape index (κ3) is 4.69. The van der Waals surface area contributed by atoms with Gasteiger partial charge in [0, 0.05) is 19.5 Å². The summed E-state index contributed by atoms with van der Waals surface area (Å²) in [4.78, 5) is 13.4. The molecule has 0 saturated carbocycles. The first-order valence-corrected chi connectivity index (χ1v) is 10.5. The third-order valence-corrected chi connectivity index (χ3v) is 7.12. The summed E-state index contributed by atoms with van der Waals surface area (Å²) in [6.07, 6.45) is -3.55. The lowest BCUT2D eigenvalue weighted by atomic mass is 10.0. The number of rotatable bonds is 6. The van der Waals surface area contributed by atoms with Crippen molar-refractivity contribution in [2.75, 3.05) is 13.1 Å². The normalized spacial score (nSPS) is 16.7. The van der Waals surface area contributed by atoms with Crippen LogP contribution in [0.15, 0.2) is 46.0 Å². The van der Waals surface area contributed by atoms with Crippen LogP contribution in [0.4, 0.5) is 13.2 Å². The largest absolute Gasteiger partial charge is 0.416 e. The van der Waals surface area contributed by atoms with Gasteiger partial charge in [0.15, 0.2) is 0 Å². The number of halogens is 3. The molecule has 1 N–H and O–H groups in total. The van der Waals surface area contributed by atoms with E-state index >= 15 is 0 Å². The Balaban J connectivity index is 1.94. The molecule has 0 spiro atoms. The second-order valence-electron chi connectivity index (χ2n) is 6.17. The fourth-order valence-electron chi connectivity index (χ4n) is 2.92. The van der Waals surface area contributed by atoms with Gasteiger partial charge in [0.2, 0.25) is 5.91 Å². The van der Waals surface area contributed by atoms with Crippen molar-refractivity contribution >= 4 is 27.3 Å². The monoisotopic (exact) mass is 418 g/mol. The van der Waals surface area contributed by atoms with Crippen molar-refractivity contribution in [2.24, 2.45) is 0 Å². The highest BCUT2D eigenvalue weighted by Gasteiger charge is 2.33. The van der Waals surface area contributed by atoms with Gasteiger partial charge in [0.25, 0.3) is 10.0 Å². The maximum absolute atomic E-state index is 13.1. The van der Waals surface area contributed by atoms with Crippen molar-refractivity contribution in [2.45, 2.75) is 29.3 Å². The Kier molecular flexibility index (Phi) is 5.59. The Bertz CT molecular complexity index is 912. The van der Waals surface area contributed by atoms with E-state index in [9.17, 15) is 26.4 Å². The molecule has 1 atom stereocenters. The summed E-state index contributed by atoms with van der Waals surface area (Å²) in [7, 11) is -3.92. The van der Waals surface area contributed by atoms with Crippen LogP contribution in [0.1, 0.15) is 30.0 Å². The number of nitrogens with zero attached hydrogens (tertiary/aromatic N) is 1. The maximum atomic E-state index is 13.1. The molecule has 3 rings (SSSR count). The van der Waals surface area contributed by atoms with E-state index in [1.165, 1.54) is 23.1 Å². The number of carbonyl (C=O) groups is 1. The molecule has 0 unspecified atom stereocenters. The lowest BCUT2D eigenvalue weighted by Crippen LogP contribution is -2.38. The molecular weight excluding hydrogens is 401 g/mol. The van der Waals surface area contributed by atoms with Gasteiger partial charge in [-0.1, -0.05) is 18.2 Å². The van der Waals surface area contributed by atoms with Crippen LogP contribution >= 0.6 is 11.3 Å². The van der Waals surface area contributed by atoms with Gasteiger partial charge in [-0.15, -0.1) is 11.3 Å². The molecule has 1 fully saturated rings. The molecule has 2 aromatic rings. The molecule has 0 radical (unpaired) electrons. The summed E-state index contributed by atoms with van der Waals surface area (Å²) in [5, 5.41) is 1.60. The first-order valence-electron chi connectivity index (χ1n) is 8.17. The second kappa shape index (κ2) is 7.61. The number of amides is 1. The number of sulfonamides is 1. The van der Waals surface area contributed by atoms with E-state index in [-0.39, 0.29) is 22.2 Å². The van der Waals surface area contributed by atoms with Crippen LogP contribution in [0, 0.1) is 0 Å². The molecule has 1 amide bonds. The molecule has 1 aromatic heterocycles. The molecule has 1 aliphatic heterocycles. The number of benzene rings is 1. The predicted octanol–water partition coefficient (Wildman–Crippen LogP) is 3.41. The minimum absolute atomic E-state index is 0.0231. The topological polar surface area (TPSA) is 66.5 Å². The molecule has 2 heterocycles. The van der Waals surface area contributed by atoms with Crippen LogP contribution < -0.4 is 4.72 Å². The van der Waals surface area contributed by atoms with Crippen LogP contribution in [0.25, 0.3) is 0 Å². The van der Waals surface area contributed by atoms with E-state index < -0.39 is 27.8 Å². The van der Waals surface area contributed by atoms with Crippen LogP contribution in [0.5, 0.6) is 0 Å². The highest BCUT2D eigenvalue weighted by atomic mass is 32.2. The fourth-order valence-corrected chi connectivity index (χ4v) is 5.15. The molecule has 10 heteroatoms. The zero-order chi connectivity index (χ0) is 19.7. The summed E-state index contributed by atoms with van der Waals surface area (Å²) >= 11 is 1.01. The first-order chi connectivity index (χ1) is 12.7. The number of hydrogen-bond donors (Lipinski definition) is 1. The molecule has 0 aliphatic carbocycles. The van der Waals surface area contributed by atoms with Crippen molar-refractivity contribution in [3.05, 3.63) is 52.9 Å². The standard InChI is InChI=1S/C17H17F3N2O3S2/c18-17(19,20)13-5-1-4-12(10-13)14(11-22-8-2-6-15(22)23)21-27(24,25)16-7-3-9-26-16/h1,3-5,7,9-10,14,21H,2,6,8,11H2/t14-/m1/s1. The van der Waals surface area contributed by atoms with E-state index in [0.717, 1.165) is 23.5 Å². The highest BCUT2D eigenvalue weighted by Crippen LogP contribution is 2.32. The number of alkyl halides is 3. The average molecular weight is 418 g/mol. The zero-order valence-electron chi connectivity index (χ0n) is 14.1. The number of nitrogens with one attached hydrogen (secondary N) is 1. The quantitative estimate of drug-likeness (QED) is 0.782. The molecule has 146 valence electrons. The van der Waals surface area contributed by atoms with Gasteiger partial charge in [-0.2, -0.15) is 13.2 Å². The Morgan fingerprint density at radius 1 is 1.22 bits per heavy atom. The Morgan fingerprint density at radius 2 is 2.00 bits per heavy atom. The maximum Gasteiger partial charge on any atom is 0.416 e. The van der Waals surface area contributed by atoms with Crippen molar-refractivity contribution in [3.8, 4) is 0 Å². The van der Waals surface area contributed by atoms with E-state index in [1.54, 1.807) is 11.4 Å². The zero-order valence-corrected chi connectivity index (χ0v) is 15.7. The lowest BCUT2D eigenvalue weighted by Gasteiger charge is -2.25. The van der Waals surface area contributed by atoms with Crippen LogP contribution in [-0.2, 0) is 21.0 Å². The molecule has 27 heavy (non-hydrogen) atoms. The molecule has 1 aliphatic rings. The van der Waals surface area contributed by atoms with Gasteiger partial charge in [0.1, 0.15) is 4.21 Å². The van der Waals surface area contributed by atoms with Gasteiger partial charge in [-0.3, -0.25) is 4.79 Å². The average Bonchev–Trinajstić information content (AvgIpc) is 3.26. The van der Waals surface area contributed by atoms with Gasteiger partial charge < -0.3 is 4.90 Å². The minimum atomic E-state index is -4.54. The van der Waals surface area contributed by atoms with Crippen molar-refractivity contribution in [1.82, 2.24) is 9.62 Å². The molecular formula is C17H17F3N2O3S2. The fraction of sp³-hybridized carbons (Fsp3) is 0.353. The summed E-state index contributed by atoms with van der Waals surface area (Å²) in [5.74, 6) is -0.137. The summed E-state index contributed by atoms with van der Waals surface area (Å²) in [6.45, 7) is 0.430. The second-order valence-corrected chi connectivity index (χ2v) is 9.06. The van der Waals surface area contributed by atoms with Crippen LogP contribution in [0.2, 0.25) is 0 Å². The number of thiophene rings is 1. The van der Waals surface area contributed by atoms with E-state index in [4.69, 9.17) is 0 Å². The van der Waals surface area contributed by atoms with Crippen molar-refractivity contribution in [3.63, 3.8) is 0 Å². The lowest BCUT2D eigenvalue weighted by molar-refractivity contribution is -0.137. The van der Waals surface area contributed by atoms with Gasteiger partial charge in [-0.25, -0.2) is 13.1 Å². The first kappa shape index (κ1) is 19.8. The van der Waals surface area contributed by atoms with Gasteiger partial charge >= 0.3 is 6.18 Å². The Hall–Kier alpha value is -1.91. The van der Waals surface area contributed by atoms with E-state index in [0.29, 0.717) is 19.4 Å². The minimum Gasteiger partial charge on any atom is -0.341 e. The van der Waals surface area contributed by atoms with E-state index in [1.807, 2.05) is 0 Å². The highest BCUT2D eigenvalue weighted by molar-refractivity contribution is 7.91. The molecule has 0 bridgehead atoms. The summed E-state index contributed by atoms with van der Waals surface area (Å²) < 4.78 is 66.9. The molecule has 5 nitrogen and oxygen atoms in total. The Morgan fingerprint density at radius 3 is 2.59 bits per heavy atom. The number of hydrogen-bond acceptors (Lipinski definition) is 4. The van der Waals surface area contributed by atoms with Crippen molar-refractivity contribution in [1.29, 1.82) is 0 Å². The van der Waals surface area contributed by atoms with Crippen LogP contribution in [-0.4, -0.2) is 32.3 Å². The summed E-state index contributed by atoms with van der Waals surface area (Å²) in [6, 6.07) is 6.51. The predicted molar refractivity (Wildman–Crippen MR) is 94.6 cm³/mol. The SMILES string of the molecule is O=C1CCCN1C[C@@H](NS(=O)(=O)c1cccs1)c1cccc(C(F)(F)F)c1. The summed E-state index contributed by atoms with van der Waals surface area (Å²) in [5.41, 5.74) is -0.710. The Labute approximate surface area is 158 Å². The molecule has 1 saturated heterocycles. The van der Waals surface area contributed by atoms with E-state index in [2.05, 4.69) is 4.72 Å². The van der Waals surface area contributed by atoms with Gasteiger partial charge in [-0.05, 0) is 35.6 Å². The van der Waals surface area contributed by atoms with Crippen LogP contribution in [0.3, 0.4) is 0 Å². The number of carbonyl (C=O) groups excluding carboxylic acids is 1.